The van der Waals surface area contributed by atoms with Crippen molar-refractivity contribution in [3.63, 3.8) is 0 Å². The van der Waals surface area contributed by atoms with Crippen LogP contribution in [0.3, 0.4) is 0 Å². The summed E-state index contributed by atoms with van der Waals surface area (Å²) < 4.78 is 14.0. The van der Waals surface area contributed by atoms with Crippen molar-refractivity contribution in [3.8, 4) is 0 Å². The molecule has 0 unspecified atom stereocenters. The second kappa shape index (κ2) is 14.5. The summed E-state index contributed by atoms with van der Waals surface area (Å²) in [6.45, 7) is 1.62. The molecule has 8 nitrogen and oxygen atoms in total. The summed E-state index contributed by atoms with van der Waals surface area (Å²) in [6, 6.07) is 15.3. The van der Waals surface area contributed by atoms with Crippen molar-refractivity contribution >= 4 is 35.1 Å². The summed E-state index contributed by atoms with van der Waals surface area (Å²) >= 11 is 12.4. The Morgan fingerprint density at radius 1 is 0.692 bits per heavy atom. The molecule has 0 bridgehead atoms. The Morgan fingerprint density at radius 3 is 1.56 bits per heavy atom. The van der Waals surface area contributed by atoms with Crippen molar-refractivity contribution in [2.45, 2.75) is 45.2 Å². The SMILES string of the molecule is O=C(CC(=O)OCCCc1cnn(Cc2ccccc2Cl)c1)OCCCc1cnn(Cc2ccccc2Cl)c1. The van der Waals surface area contributed by atoms with Gasteiger partial charge in [0.1, 0.15) is 6.42 Å². The molecule has 0 fully saturated rings. The fourth-order valence-corrected chi connectivity index (χ4v) is 4.38. The van der Waals surface area contributed by atoms with Crippen LogP contribution in [0.4, 0.5) is 0 Å². The van der Waals surface area contributed by atoms with Gasteiger partial charge in [-0.05, 0) is 60.1 Å². The molecule has 10 heteroatoms. The van der Waals surface area contributed by atoms with Gasteiger partial charge in [0.25, 0.3) is 0 Å². The topological polar surface area (TPSA) is 88.2 Å². The normalized spacial score (nSPS) is 10.9. The first-order valence-electron chi connectivity index (χ1n) is 12.8. The molecular weight excluding hydrogens is 539 g/mol. The van der Waals surface area contributed by atoms with E-state index in [4.69, 9.17) is 32.7 Å². The molecule has 0 aliphatic heterocycles. The third-order valence-corrected chi connectivity index (χ3v) is 6.73. The van der Waals surface area contributed by atoms with Crippen LogP contribution in [-0.2, 0) is 45.0 Å². The van der Waals surface area contributed by atoms with Crippen LogP contribution >= 0.6 is 23.2 Å². The number of esters is 2. The van der Waals surface area contributed by atoms with E-state index < -0.39 is 18.4 Å². The number of hydrogen-bond acceptors (Lipinski definition) is 6. The van der Waals surface area contributed by atoms with E-state index in [1.807, 2.05) is 70.3 Å². The number of aromatic nitrogens is 4. The first-order chi connectivity index (χ1) is 19.0. The van der Waals surface area contributed by atoms with Crippen LogP contribution in [-0.4, -0.2) is 44.7 Å². The van der Waals surface area contributed by atoms with Gasteiger partial charge in [-0.25, -0.2) is 0 Å². The molecule has 2 aromatic carbocycles. The van der Waals surface area contributed by atoms with Crippen LogP contribution < -0.4 is 0 Å². The predicted octanol–water partition coefficient (Wildman–Crippen LogP) is 5.52. The molecule has 0 amide bonds. The maximum absolute atomic E-state index is 12.0. The minimum Gasteiger partial charge on any atom is -0.465 e. The fourth-order valence-electron chi connectivity index (χ4n) is 3.99. The number of carbonyl (C=O) groups excluding carboxylic acids is 2. The van der Waals surface area contributed by atoms with Gasteiger partial charge in [-0.15, -0.1) is 0 Å². The van der Waals surface area contributed by atoms with Gasteiger partial charge in [0.15, 0.2) is 0 Å². The van der Waals surface area contributed by atoms with E-state index in [0.717, 1.165) is 22.3 Å². The Morgan fingerprint density at radius 2 is 1.13 bits per heavy atom. The summed E-state index contributed by atoms with van der Waals surface area (Å²) in [5.74, 6) is -1.18. The second-order valence-electron chi connectivity index (χ2n) is 9.10. The van der Waals surface area contributed by atoms with Gasteiger partial charge in [0, 0.05) is 22.4 Å². The lowest BCUT2D eigenvalue weighted by Crippen LogP contribution is -2.15. The molecule has 2 heterocycles. The highest BCUT2D eigenvalue weighted by molar-refractivity contribution is 6.31. The number of nitrogens with zero attached hydrogens (tertiary/aromatic N) is 4. The summed E-state index contributed by atoms with van der Waals surface area (Å²) in [6.07, 6.45) is 9.75. The highest BCUT2D eigenvalue weighted by atomic mass is 35.5. The largest absolute Gasteiger partial charge is 0.465 e. The van der Waals surface area contributed by atoms with Crippen molar-refractivity contribution in [1.82, 2.24) is 19.6 Å². The maximum Gasteiger partial charge on any atom is 0.317 e. The summed E-state index contributed by atoms with van der Waals surface area (Å²) in [5.41, 5.74) is 4.06. The monoisotopic (exact) mass is 568 g/mol. The Kier molecular flexibility index (Phi) is 10.6. The van der Waals surface area contributed by atoms with E-state index in [9.17, 15) is 9.59 Å². The molecule has 204 valence electrons. The molecule has 0 aliphatic carbocycles. The van der Waals surface area contributed by atoms with Crippen LogP contribution in [0.15, 0.2) is 73.3 Å². The quantitative estimate of drug-likeness (QED) is 0.113. The maximum atomic E-state index is 12.0. The van der Waals surface area contributed by atoms with E-state index in [2.05, 4.69) is 10.2 Å². The van der Waals surface area contributed by atoms with Gasteiger partial charge in [-0.1, -0.05) is 59.6 Å². The minimum atomic E-state index is -0.588. The van der Waals surface area contributed by atoms with E-state index in [0.29, 0.717) is 48.8 Å². The summed E-state index contributed by atoms with van der Waals surface area (Å²) in [5, 5.41) is 10.1. The van der Waals surface area contributed by atoms with E-state index in [1.165, 1.54) is 0 Å². The van der Waals surface area contributed by atoms with Gasteiger partial charge < -0.3 is 9.47 Å². The minimum absolute atomic E-state index is 0.222. The highest BCUT2D eigenvalue weighted by Gasteiger charge is 2.12. The fraction of sp³-hybridized carbons (Fsp3) is 0.310. The highest BCUT2D eigenvalue weighted by Crippen LogP contribution is 2.17. The number of halogens is 2. The number of ether oxygens (including phenoxy) is 2. The molecule has 0 aliphatic rings. The standard InChI is InChI=1S/C29H30Cl2N4O4/c30-26-11-3-1-9-24(26)20-34-18-22(16-32-34)7-5-13-38-28(36)15-29(37)39-14-6-8-23-17-33-35(19-23)21-25-10-2-4-12-27(25)31/h1-4,9-12,16-19H,5-8,13-15,20-21H2. The molecule has 4 rings (SSSR count). The number of benzene rings is 2. The van der Waals surface area contributed by atoms with Crippen LogP contribution in [0.5, 0.6) is 0 Å². The molecular formula is C29H30Cl2N4O4. The Hall–Kier alpha value is -3.62. The molecule has 0 N–H and O–H groups in total. The number of hydrogen-bond donors (Lipinski definition) is 0. The molecule has 4 aromatic rings. The van der Waals surface area contributed by atoms with Gasteiger partial charge in [-0.3, -0.25) is 19.0 Å². The van der Waals surface area contributed by atoms with Crippen LogP contribution in [0.25, 0.3) is 0 Å². The molecule has 0 spiro atoms. The summed E-state index contributed by atoms with van der Waals surface area (Å²) in [7, 11) is 0. The van der Waals surface area contributed by atoms with Crippen LogP contribution in [0, 0.1) is 0 Å². The molecule has 0 atom stereocenters. The molecule has 2 aromatic heterocycles. The van der Waals surface area contributed by atoms with E-state index in [-0.39, 0.29) is 13.2 Å². The van der Waals surface area contributed by atoms with Crippen molar-refractivity contribution in [2.24, 2.45) is 0 Å². The predicted molar refractivity (Wildman–Crippen MR) is 149 cm³/mol. The van der Waals surface area contributed by atoms with E-state index >= 15 is 0 Å². The molecule has 39 heavy (non-hydrogen) atoms. The van der Waals surface area contributed by atoms with E-state index in [1.54, 1.807) is 12.4 Å². The lowest BCUT2D eigenvalue weighted by molar-refractivity contribution is -0.154. The zero-order valence-electron chi connectivity index (χ0n) is 21.5. The smallest absolute Gasteiger partial charge is 0.317 e. The van der Waals surface area contributed by atoms with Crippen LogP contribution in [0.2, 0.25) is 10.0 Å². The third-order valence-electron chi connectivity index (χ3n) is 5.99. The Balaban J connectivity index is 1.06. The molecule has 0 saturated heterocycles. The van der Waals surface area contributed by atoms with Crippen LogP contribution in [0.1, 0.15) is 41.5 Å². The summed E-state index contributed by atoms with van der Waals surface area (Å²) in [4.78, 5) is 23.9. The first-order valence-corrected chi connectivity index (χ1v) is 13.5. The van der Waals surface area contributed by atoms with Gasteiger partial charge in [0.2, 0.25) is 0 Å². The zero-order chi connectivity index (χ0) is 27.5. The first kappa shape index (κ1) is 28.4. The van der Waals surface area contributed by atoms with Gasteiger partial charge in [0.05, 0.1) is 38.7 Å². The third kappa shape index (κ3) is 9.26. The second-order valence-corrected chi connectivity index (χ2v) is 9.91. The van der Waals surface area contributed by atoms with Crippen molar-refractivity contribution in [1.29, 1.82) is 0 Å². The Labute approximate surface area is 237 Å². The molecule has 0 radical (unpaired) electrons. The number of aryl methyl sites for hydroxylation is 2. The average molecular weight is 569 g/mol. The lowest BCUT2D eigenvalue weighted by atomic mass is 10.2. The number of rotatable bonds is 14. The average Bonchev–Trinajstić information content (AvgIpc) is 3.56. The van der Waals surface area contributed by atoms with Gasteiger partial charge >= 0.3 is 11.9 Å². The molecule has 0 saturated carbocycles. The van der Waals surface area contributed by atoms with Crippen molar-refractivity contribution in [2.75, 3.05) is 13.2 Å². The van der Waals surface area contributed by atoms with Crippen molar-refractivity contribution < 1.29 is 19.1 Å². The Bertz CT molecular complexity index is 1280. The number of carbonyl (C=O) groups is 2. The van der Waals surface area contributed by atoms with Gasteiger partial charge in [-0.2, -0.15) is 10.2 Å². The zero-order valence-corrected chi connectivity index (χ0v) is 23.0. The van der Waals surface area contributed by atoms with Crippen molar-refractivity contribution in [3.05, 3.63) is 106 Å². The lowest BCUT2D eigenvalue weighted by Gasteiger charge is -2.06.